The number of methoxy groups -OCH3 is 1. The number of hydrogen-bond donors (Lipinski definition) is 4. The monoisotopic (exact) mass is 773 g/mol. The Bertz CT molecular complexity index is 2360. The predicted octanol–water partition coefficient (Wildman–Crippen LogP) is 6.76. The second-order valence-corrected chi connectivity index (χ2v) is 11.6. The van der Waals surface area contributed by atoms with Gasteiger partial charge in [-0.3, -0.25) is 9.98 Å². The zero-order valence-corrected chi connectivity index (χ0v) is 30.4. The maximum atomic E-state index is 12.1. The minimum atomic E-state index is -1.14. The molecule has 2 heterocycles. The van der Waals surface area contributed by atoms with Crippen LogP contribution in [0.15, 0.2) is 107 Å². The maximum absolute atomic E-state index is 12.1. The van der Waals surface area contributed by atoms with E-state index in [1.54, 1.807) is 49.4 Å². The number of carboxylic acids is 2. The molecule has 0 atom stereocenters. The van der Waals surface area contributed by atoms with E-state index in [1.807, 2.05) is 50.2 Å². The van der Waals surface area contributed by atoms with E-state index >= 15 is 0 Å². The topological polar surface area (TPSA) is 202 Å². The molecule has 2 aromatic heterocycles. The van der Waals surface area contributed by atoms with Gasteiger partial charge in [-0.2, -0.15) is 14.9 Å². The van der Waals surface area contributed by atoms with E-state index in [0.717, 1.165) is 16.8 Å². The number of rotatable bonds is 9. The van der Waals surface area contributed by atoms with E-state index in [4.69, 9.17) is 4.74 Å². The Morgan fingerprint density at radius 3 is 1.48 bits per heavy atom. The standard InChI is InChI=1S/C20H17N3O5.C19H17N3O3.Co/c1-12-7-9-13(10-8-12)23-18(24)15(17(22-23)20(27)28-2)11-21-16-6-4-3-5-14(16)19(25)26;1-12-7-9-14(10-8-12)22-18(23)16(13(2)21-22)11-20-17-6-4-3-5-15(17)19(24)25;/h3-11,24H,1-2H3,(H,25,26);3-11,23H,1-2H3,(H,24,25);. The fourth-order valence-electron chi connectivity index (χ4n) is 5.00. The Morgan fingerprint density at radius 2 is 1.04 bits per heavy atom. The fourth-order valence-corrected chi connectivity index (χ4v) is 5.00. The van der Waals surface area contributed by atoms with Gasteiger partial charge in [-0.1, -0.05) is 59.7 Å². The van der Waals surface area contributed by atoms with E-state index < -0.39 is 17.9 Å². The molecule has 0 bridgehead atoms. The number of benzene rings is 4. The third-order valence-electron chi connectivity index (χ3n) is 7.85. The number of aryl methyl sites for hydroxylation is 3. The number of aliphatic imine (C=N–C) groups is 2. The van der Waals surface area contributed by atoms with Crippen molar-refractivity contribution in [1.82, 2.24) is 19.6 Å². The number of aromatic nitrogens is 4. The number of carbonyl (C=O) groups is 3. The molecule has 4 N–H and O–H groups in total. The summed E-state index contributed by atoms with van der Waals surface area (Å²) in [6.07, 6.45) is 2.63. The van der Waals surface area contributed by atoms with Gasteiger partial charge >= 0.3 is 17.9 Å². The molecular formula is C39H34CoN6O8. The van der Waals surface area contributed by atoms with Crippen LogP contribution < -0.4 is 0 Å². The smallest absolute Gasteiger partial charge is 0.359 e. The molecule has 15 heteroatoms. The van der Waals surface area contributed by atoms with Crippen LogP contribution in [0.4, 0.5) is 11.4 Å². The Kier molecular flexibility index (Phi) is 13.0. The maximum Gasteiger partial charge on any atom is 0.359 e. The Balaban J connectivity index is 0.000000238. The summed E-state index contributed by atoms with van der Waals surface area (Å²) in [5, 5.41) is 48.0. The first-order valence-corrected chi connectivity index (χ1v) is 15.9. The first-order valence-electron chi connectivity index (χ1n) is 15.9. The van der Waals surface area contributed by atoms with Crippen LogP contribution in [0.1, 0.15) is 59.2 Å². The summed E-state index contributed by atoms with van der Waals surface area (Å²) in [4.78, 5) is 43.0. The molecule has 0 spiro atoms. The van der Waals surface area contributed by atoms with E-state index in [2.05, 4.69) is 20.2 Å². The number of aromatic hydroxyl groups is 2. The zero-order valence-electron chi connectivity index (χ0n) is 29.3. The summed E-state index contributed by atoms with van der Waals surface area (Å²) in [5.74, 6) is -3.31. The van der Waals surface area contributed by atoms with Crippen LogP contribution in [0.2, 0.25) is 0 Å². The van der Waals surface area contributed by atoms with Gasteiger partial charge in [-0.15, -0.1) is 0 Å². The number of ether oxygens (including phenoxy) is 1. The molecule has 4 aromatic carbocycles. The van der Waals surface area contributed by atoms with Gasteiger partial charge in [-0.05, 0) is 69.3 Å². The molecule has 0 aliphatic heterocycles. The van der Waals surface area contributed by atoms with Gasteiger partial charge in [0.1, 0.15) is 0 Å². The van der Waals surface area contributed by atoms with Crippen LogP contribution in [0.3, 0.4) is 0 Å². The SMILES string of the molecule is COC(=O)c1nn(-c2ccc(C)cc2)c(O)c1C=Nc1ccccc1C(=O)O.Cc1ccc(-n2nc(C)c(C=Nc3ccccc3C(=O)O)c2O)cc1.[Co]. The van der Waals surface area contributed by atoms with Crippen molar-refractivity contribution in [2.45, 2.75) is 20.8 Å². The molecule has 6 rings (SSSR count). The molecule has 0 unspecified atom stereocenters. The van der Waals surface area contributed by atoms with Crippen LogP contribution in [0, 0.1) is 20.8 Å². The predicted molar refractivity (Wildman–Crippen MR) is 197 cm³/mol. The van der Waals surface area contributed by atoms with Crippen molar-refractivity contribution in [3.63, 3.8) is 0 Å². The van der Waals surface area contributed by atoms with Crippen molar-refractivity contribution in [3.8, 4) is 23.1 Å². The van der Waals surface area contributed by atoms with Gasteiger partial charge in [0.2, 0.25) is 11.8 Å². The zero-order chi connectivity index (χ0) is 38.2. The van der Waals surface area contributed by atoms with Crippen molar-refractivity contribution < 1.29 is 56.3 Å². The second-order valence-electron chi connectivity index (χ2n) is 11.6. The molecule has 0 aliphatic carbocycles. The summed E-state index contributed by atoms with van der Waals surface area (Å²) < 4.78 is 7.35. The van der Waals surface area contributed by atoms with Crippen LogP contribution in [0.25, 0.3) is 11.4 Å². The van der Waals surface area contributed by atoms with Crippen LogP contribution >= 0.6 is 0 Å². The largest absolute Gasteiger partial charge is 0.493 e. The Labute approximate surface area is 319 Å². The van der Waals surface area contributed by atoms with Gasteiger partial charge < -0.3 is 25.2 Å². The summed E-state index contributed by atoms with van der Waals surface area (Å²) in [7, 11) is 1.20. The molecule has 0 amide bonds. The molecule has 14 nitrogen and oxygen atoms in total. The van der Waals surface area contributed by atoms with Crippen molar-refractivity contribution in [1.29, 1.82) is 0 Å². The normalized spacial score (nSPS) is 10.8. The summed E-state index contributed by atoms with van der Waals surface area (Å²) in [6.45, 7) is 5.66. The van der Waals surface area contributed by atoms with Gasteiger partial charge in [0.15, 0.2) is 5.69 Å². The van der Waals surface area contributed by atoms with Crippen molar-refractivity contribution in [2.75, 3.05) is 7.11 Å². The number of carbonyl (C=O) groups excluding carboxylic acids is 1. The number of carboxylic acid groups (broad SMARTS) is 2. The second kappa shape index (κ2) is 17.6. The average molecular weight is 774 g/mol. The fraction of sp³-hybridized carbons (Fsp3) is 0.103. The molecule has 54 heavy (non-hydrogen) atoms. The molecule has 0 fully saturated rings. The van der Waals surface area contributed by atoms with Gasteiger partial charge in [0, 0.05) is 29.2 Å². The molecule has 6 aromatic rings. The van der Waals surface area contributed by atoms with Gasteiger partial charge in [0.05, 0.1) is 57.8 Å². The number of nitrogens with zero attached hydrogens (tertiary/aromatic N) is 6. The first-order chi connectivity index (χ1) is 25.4. The third kappa shape index (κ3) is 8.96. The van der Waals surface area contributed by atoms with Crippen molar-refractivity contribution in [3.05, 3.63) is 142 Å². The van der Waals surface area contributed by atoms with E-state index in [0.29, 0.717) is 22.6 Å². The van der Waals surface area contributed by atoms with Gasteiger partial charge in [0.25, 0.3) is 0 Å². The van der Waals surface area contributed by atoms with Gasteiger partial charge in [-0.25, -0.2) is 19.1 Å². The third-order valence-corrected chi connectivity index (χ3v) is 7.85. The minimum absolute atomic E-state index is 0. The summed E-state index contributed by atoms with van der Waals surface area (Å²) in [5.41, 5.74) is 4.90. The quantitative estimate of drug-likeness (QED) is 0.0898. The van der Waals surface area contributed by atoms with Crippen molar-refractivity contribution >= 4 is 41.7 Å². The molecule has 0 saturated heterocycles. The van der Waals surface area contributed by atoms with Crippen molar-refractivity contribution in [2.24, 2.45) is 9.98 Å². The molecule has 0 saturated carbocycles. The van der Waals surface area contributed by atoms with E-state index in [9.17, 15) is 34.8 Å². The summed E-state index contributed by atoms with van der Waals surface area (Å²) in [6, 6.07) is 27.3. The van der Waals surface area contributed by atoms with Crippen LogP contribution in [-0.2, 0) is 21.5 Å². The summed E-state index contributed by atoms with van der Waals surface area (Å²) >= 11 is 0. The van der Waals surface area contributed by atoms with Crippen LogP contribution in [-0.4, -0.2) is 77.4 Å². The Hall–Kier alpha value is -6.84. The molecular weight excluding hydrogens is 739 g/mol. The van der Waals surface area contributed by atoms with E-state index in [-0.39, 0.29) is 56.6 Å². The average Bonchev–Trinajstić information content (AvgIpc) is 3.64. The Morgan fingerprint density at radius 1 is 0.630 bits per heavy atom. The number of para-hydroxylation sites is 2. The van der Waals surface area contributed by atoms with Crippen LogP contribution in [0.5, 0.6) is 11.8 Å². The first kappa shape index (κ1) is 39.9. The number of hydrogen-bond acceptors (Lipinski definition) is 10. The minimum Gasteiger partial charge on any atom is -0.493 e. The molecule has 0 aliphatic rings. The molecule has 1 radical (unpaired) electrons. The number of esters is 1. The van der Waals surface area contributed by atoms with E-state index in [1.165, 1.54) is 47.1 Å². The molecule has 277 valence electrons. The number of aromatic carboxylic acids is 2.